The van der Waals surface area contributed by atoms with E-state index in [0.29, 0.717) is 37.6 Å². The zero-order valence-electron chi connectivity index (χ0n) is 21.2. The summed E-state index contributed by atoms with van der Waals surface area (Å²) >= 11 is 0. The first-order chi connectivity index (χ1) is 17.9. The molecular formula is C26H32FN3O6S2. The van der Waals surface area contributed by atoms with E-state index in [0.717, 1.165) is 22.9 Å². The van der Waals surface area contributed by atoms with E-state index < -0.39 is 20.1 Å². The molecule has 4 rings (SSSR count). The molecule has 0 spiro atoms. The van der Waals surface area contributed by atoms with Crippen LogP contribution in [0.2, 0.25) is 0 Å². The van der Waals surface area contributed by atoms with Crippen molar-refractivity contribution >= 4 is 37.0 Å². The van der Waals surface area contributed by atoms with Crippen LogP contribution in [0.5, 0.6) is 0 Å². The van der Waals surface area contributed by atoms with Crippen LogP contribution < -0.4 is 10.0 Å². The summed E-state index contributed by atoms with van der Waals surface area (Å²) in [5, 5.41) is 3.78. The number of nitrogens with one attached hydrogen (secondary N) is 3. The monoisotopic (exact) mass is 565 g/mol. The summed E-state index contributed by atoms with van der Waals surface area (Å²) in [6.45, 7) is 1.84. The molecule has 1 aliphatic carbocycles. The van der Waals surface area contributed by atoms with E-state index in [2.05, 4.69) is 15.0 Å². The topological polar surface area (TPSA) is 134 Å². The molecular weight excluding hydrogens is 533 g/mol. The van der Waals surface area contributed by atoms with E-state index in [4.69, 9.17) is 4.18 Å². The molecule has 0 bridgehead atoms. The first-order valence-corrected chi connectivity index (χ1v) is 15.7. The van der Waals surface area contributed by atoms with E-state index in [1.807, 2.05) is 13.0 Å². The van der Waals surface area contributed by atoms with Gasteiger partial charge in [0, 0.05) is 29.6 Å². The molecule has 1 heterocycles. The fourth-order valence-electron chi connectivity index (χ4n) is 4.70. The predicted octanol–water partition coefficient (Wildman–Crippen LogP) is 3.54. The first kappa shape index (κ1) is 28.2. The number of carbonyl (C=O) groups excluding carboxylic acids is 1. The van der Waals surface area contributed by atoms with Crippen molar-refractivity contribution in [3.63, 3.8) is 0 Å². The summed E-state index contributed by atoms with van der Waals surface area (Å²) in [5.41, 5.74) is 2.17. The number of H-pyrrole nitrogens is 1. The number of fused-ring (bicyclic) bond motifs is 1. The van der Waals surface area contributed by atoms with Crippen molar-refractivity contribution in [2.45, 2.75) is 56.0 Å². The van der Waals surface area contributed by atoms with E-state index >= 15 is 0 Å². The van der Waals surface area contributed by atoms with Crippen LogP contribution in [-0.4, -0.2) is 46.6 Å². The van der Waals surface area contributed by atoms with E-state index in [9.17, 15) is 26.0 Å². The lowest BCUT2D eigenvalue weighted by atomic mass is 9.85. The number of amides is 1. The summed E-state index contributed by atoms with van der Waals surface area (Å²) in [7, 11) is -7.31. The van der Waals surface area contributed by atoms with Crippen molar-refractivity contribution in [1.29, 1.82) is 0 Å². The highest BCUT2D eigenvalue weighted by Crippen LogP contribution is 2.27. The molecule has 1 amide bonds. The Balaban J connectivity index is 1.31. The van der Waals surface area contributed by atoms with Gasteiger partial charge in [-0.1, -0.05) is 18.2 Å². The summed E-state index contributed by atoms with van der Waals surface area (Å²) in [4.78, 5) is 16.0. The van der Waals surface area contributed by atoms with Crippen LogP contribution in [0.4, 0.5) is 4.39 Å². The van der Waals surface area contributed by atoms with Gasteiger partial charge < -0.3 is 10.3 Å². The van der Waals surface area contributed by atoms with Gasteiger partial charge in [-0.3, -0.25) is 8.98 Å². The summed E-state index contributed by atoms with van der Waals surface area (Å²) in [6, 6.07) is 12.1. The second-order valence-electron chi connectivity index (χ2n) is 9.77. The minimum atomic E-state index is -3.78. The maximum atomic E-state index is 13.2. The number of sulfonamides is 1. The molecule has 1 saturated carbocycles. The van der Waals surface area contributed by atoms with Gasteiger partial charge in [-0.15, -0.1) is 0 Å². The van der Waals surface area contributed by atoms with Crippen LogP contribution in [0.25, 0.3) is 10.9 Å². The van der Waals surface area contributed by atoms with Gasteiger partial charge in [0.25, 0.3) is 10.1 Å². The van der Waals surface area contributed by atoms with Gasteiger partial charge in [-0.2, -0.15) is 8.42 Å². The second-order valence-corrected chi connectivity index (χ2v) is 13.1. The molecule has 38 heavy (non-hydrogen) atoms. The number of carbonyl (C=O) groups is 1. The normalized spacial score (nSPS) is 19.3. The fraction of sp³-hybridized carbons (Fsp3) is 0.423. The molecule has 3 N–H and O–H groups in total. The fourth-order valence-corrected chi connectivity index (χ4v) is 6.41. The van der Waals surface area contributed by atoms with Crippen LogP contribution in [0.1, 0.15) is 49.9 Å². The van der Waals surface area contributed by atoms with Crippen LogP contribution in [0, 0.1) is 11.7 Å². The third kappa shape index (κ3) is 7.40. The maximum Gasteiger partial charge on any atom is 0.264 e. The van der Waals surface area contributed by atoms with Gasteiger partial charge in [0.1, 0.15) is 5.82 Å². The zero-order valence-corrected chi connectivity index (χ0v) is 22.9. The Kier molecular flexibility index (Phi) is 8.55. The van der Waals surface area contributed by atoms with Gasteiger partial charge in [0.05, 0.1) is 23.8 Å². The van der Waals surface area contributed by atoms with Crippen molar-refractivity contribution in [2.75, 3.05) is 12.9 Å². The van der Waals surface area contributed by atoms with E-state index in [1.54, 1.807) is 24.3 Å². The Morgan fingerprint density at radius 1 is 1.05 bits per heavy atom. The molecule has 12 heteroatoms. The molecule has 0 unspecified atom stereocenters. The van der Waals surface area contributed by atoms with Crippen molar-refractivity contribution in [3.8, 4) is 0 Å². The second kappa shape index (κ2) is 11.5. The quantitative estimate of drug-likeness (QED) is 0.322. The number of hydrogen-bond donors (Lipinski definition) is 3. The van der Waals surface area contributed by atoms with Gasteiger partial charge in [-0.05, 0) is 73.9 Å². The van der Waals surface area contributed by atoms with Gasteiger partial charge in [0.15, 0.2) is 0 Å². The number of aromatic nitrogens is 1. The smallest absolute Gasteiger partial charge is 0.264 e. The number of aromatic amines is 1. The molecule has 1 atom stereocenters. The van der Waals surface area contributed by atoms with Crippen LogP contribution >= 0.6 is 0 Å². The SMILES string of the molecule is C[C@@H](NC(=O)[C@H]1CC[C@H](NS(=O)(=O)c2ccc3cc(CCOS(C)(=O)=O)[nH]c3c2)CC1)c1ccc(F)cc1. The number of rotatable bonds is 10. The standard InChI is InChI=1S/C26H32FN3O6S2/c1-17(18-3-8-21(27)9-4-18)28-26(31)19-5-10-22(11-6-19)30-38(34,35)24-12-7-20-15-23(29-25(20)16-24)13-14-36-37(2,32)33/h3-4,7-9,12,15-17,19,22,29-30H,5-6,10-11,13-14H2,1-2H3,(H,28,31)/t17-,19-,22-/m1/s1. The van der Waals surface area contributed by atoms with Crippen molar-refractivity contribution in [2.24, 2.45) is 5.92 Å². The van der Waals surface area contributed by atoms with Crippen LogP contribution in [0.15, 0.2) is 53.4 Å². The Bertz CT molecular complexity index is 1500. The molecule has 9 nitrogen and oxygen atoms in total. The lowest BCUT2D eigenvalue weighted by molar-refractivity contribution is -0.126. The van der Waals surface area contributed by atoms with Gasteiger partial charge in [-0.25, -0.2) is 17.5 Å². The zero-order chi connectivity index (χ0) is 27.5. The molecule has 2 aromatic carbocycles. The Hall–Kier alpha value is -2.80. The minimum Gasteiger partial charge on any atom is -0.358 e. The largest absolute Gasteiger partial charge is 0.358 e. The summed E-state index contributed by atoms with van der Waals surface area (Å²) in [5.74, 6) is -0.625. The average Bonchev–Trinajstić information content (AvgIpc) is 3.26. The maximum absolute atomic E-state index is 13.2. The van der Waals surface area contributed by atoms with Crippen molar-refractivity contribution in [1.82, 2.24) is 15.0 Å². The molecule has 0 radical (unpaired) electrons. The summed E-state index contributed by atoms with van der Waals surface area (Å²) < 4.78 is 69.1. The third-order valence-electron chi connectivity index (χ3n) is 6.78. The third-order valence-corrected chi connectivity index (χ3v) is 8.89. The van der Waals surface area contributed by atoms with E-state index in [-0.39, 0.29) is 41.2 Å². The van der Waals surface area contributed by atoms with Gasteiger partial charge >= 0.3 is 0 Å². The average molecular weight is 566 g/mol. The number of halogens is 1. The Morgan fingerprint density at radius 2 is 1.74 bits per heavy atom. The summed E-state index contributed by atoms with van der Waals surface area (Å²) in [6.07, 6.45) is 3.52. The highest BCUT2D eigenvalue weighted by molar-refractivity contribution is 7.89. The lowest BCUT2D eigenvalue weighted by Gasteiger charge is -2.29. The molecule has 0 aliphatic heterocycles. The molecule has 3 aromatic rings. The highest BCUT2D eigenvalue weighted by atomic mass is 32.2. The minimum absolute atomic E-state index is 0.00971. The molecule has 1 aromatic heterocycles. The number of hydrogen-bond acceptors (Lipinski definition) is 6. The van der Waals surface area contributed by atoms with Crippen molar-refractivity contribution < 1.29 is 30.2 Å². The van der Waals surface area contributed by atoms with Crippen LogP contribution in [-0.2, 0) is 35.5 Å². The molecule has 0 saturated heterocycles. The Morgan fingerprint density at radius 3 is 2.39 bits per heavy atom. The van der Waals surface area contributed by atoms with Gasteiger partial charge in [0.2, 0.25) is 15.9 Å². The molecule has 206 valence electrons. The van der Waals surface area contributed by atoms with E-state index in [1.165, 1.54) is 18.2 Å². The molecule has 1 fully saturated rings. The van der Waals surface area contributed by atoms with Crippen molar-refractivity contribution in [3.05, 3.63) is 65.6 Å². The molecule has 1 aliphatic rings. The highest BCUT2D eigenvalue weighted by Gasteiger charge is 2.30. The van der Waals surface area contributed by atoms with Crippen LogP contribution in [0.3, 0.4) is 0 Å². The first-order valence-electron chi connectivity index (χ1n) is 12.4. The predicted molar refractivity (Wildman–Crippen MR) is 142 cm³/mol. The Labute approximate surface area is 222 Å². The number of benzene rings is 2. The lowest BCUT2D eigenvalue weighted by Crippen LogP contribution is -2.41.